The summed E-state index contributed by atoms with van der Waals surface area (Å²) in [4.78, 5) is 16.7. The summed E-state index contributed by atoms with van der Waals surface area (Å²) in [6, 6.07) is 13.9. The molecule has 1 aliphatic rings. The van der Waals surface area contributed by atoms with Crippen molar-refractivity contribution < 1.29 is 17.9 Å². The first kappa shape index (κ1) is 22.7. The smallest absolute Gasteiger partial charge is 0.244 e. The molecule has 1 aliphatic heterocycles. The molecule has 0 unspecified atom stereocenters. The average molecular weight is 494 g/mol. The third-order valence-electron chi connectivity index (χ3n) is 4.65. The second kappa shape index (κ2) is 10.0. The molecular formula is C20H20ClN5O4S2. The number of carbonyl (C=O) groups excluding carboxylic acids is 1. The fraction of sp³-hybridized carbons (Fsp3) is 0.250. The lowest BCUT2D eigenvalue weighted by Crippen LogP contribution is -2.40. The zero-order valence-corrected chi connectivity index (χ0v) is 19.2. The molecule has 3 aromatic rings. The Morgan fingerprint density at radius 1 is 1.19 bits per heavy atom. The van der Waals surface area contributed by atoms with Crippen molar-refractivity contribution in [2.75, 3.05) is 37.4 Å². The number of amides is 1. The first-order valence-corrected chi connectivity index (χ1v) is 12.5. The van der Waals surface area contributed by atoms with Gasteiger partial charge in [-0.25, -0.2) is 13.4 Å². The Hall–Kier alpha value is -2.44. The number of anilines is 1. The van der Waals surface area contributed by atoms with Gasteiger partial charge in [-0.2, -0.15) is 4.31 Å². The quantitative estimate of drug-likeness (QED) is 0.486. The molecule has 2 heterocycles. The molecule has 32 heavy (non-hydrogen) atoms. The van der Waals surface area contributed by atoms with Crippen LogP contribution in [0.1, 0.15) is 0 Å². The number of nitrogens with zero attached hydrogens (tertiary/aromatic N) is 3. The van der Waals surface area contributed by atoms with Gasteiger partial charge in [-0.05, 0) is 18.2 Å². The summed E-state index contributed by atoms with van der Waals surface area (Å²) >= 11 is 7.32. The SMILES string of the molecule is O=C(CSc1n[nH]c(-c2ccccc2)n1)Nc1ccc(Cl)c(S(=O)(=O)N2CCOCC2)c1. The van der Waals surface area contributed by atoms with Gasteiger partial charge in [0.2, 0.25) is 21.1 Å². The van der Waals surface area contributed by atoms with E-state index in [0.29, 0.717) is 29.9 Å². The van der Waals surface area contributed by atoms with Crippen LogP contribution in [-0.2, 0) is 19.6 Å². The summed E-state index contributed by atoms with van der Waals surface area (Å²) in [6.45, 7) is 1.18. The number of hydrogen-bond acceptors (Lipinski definition) is 7. The summed E-state index contributed by atoms with van der Waals surface area (Å²) in [5, 5.41) is 10.2. The molecule has 1 amide bonds. The molecular weight excluding hydrogens is 474 g/mol. The maximum absolute atomic E-state index is 12.9. The van der Waals surface area contributed by atoms with E-state index in [2.05, 4.69) is 20.5 Å². The van der Waals surface area contributed by atoms with E-state index >= 15 is 0 Å². The van der Waals surface area contributed by atoms with E-state index in [9.17, 15) is 13.2 Å². The minimum Gasteiger partial charge on any atom is -0.379 e. The normalized spacial score (nSPS) is 14.9. The monoisotopic (exact) mass is 493 g/mol. The van der Waals surface area contributed by atoms with Crippen molar-refractivity contribution in [3.8, 4) is 11.4 Å². The standard InChI is InChI=1S/C20H20ClN5O4S2/c21-16-7-6-15(12-17(16)32(28,29)26-8-10-30-11-9-26)22-18(27)13-31-20-23-19(24-25-20)14-4-2-1-3-5-14/h1-7,12H,8-11,13H2,(H,22,27)(H,23,24,25). The maximum Gasteiger partial charge on any atom is 0.244 e. The number of aromatic amines is 1. The number of halogens is 1. The van der Waals surface area contributed by atoms with Crippen molar-refractivity contribution in [3.05, 3.63) is 53.6 Å². The Morgan fingerprint density at radius 2 is 1.94 bits per heavy atom. The van der Waals surface area contributed by atoms with E-state index in [1.807, 2.05) is 30.3 Å². The number of nitrogens with one attached hydrogen (secondary N) is 2. The summed E-state index contributed by atoms with van der Waals surface area (Å²) in [6.07, 6.45) is 0. The first-order chi connectivity index (χ1) is 15.4. The molecule has 0 aliphatic carbocycles. The molecule has 2 aromatic carbocycles. The zero-order valence-electron chi connectivity index (χ0n) is 16.8. The van der Waals surface area contributed by atoms with E-state index < -0.39 is 10.0 Å². The second-order valence-corrected chi connectivity index (χ2v) is 10.1. The van der Waals surface area contributed by atoms with Crippen molar-refractivity contribution in [1.82, 2.24) is 19.5 Å². The largest absolute Gasteiger partial charge is 0.379 e. The Morgan fingerprint density at radius 3 is 2.69 bits per heavy atom. The number of morpholine rings is 1. The minimum atomic E-state index is -3.79. The van der Waals surface area contributed by atoms with Gasteiger partial charge in [-0.15, -0.1) is 5.10 Å². The van der Waals surface area contributed by atoms with Gasteiger partial charge >= 0.3 is 0 Å². The van der Waals surface area contributed by atoms with Crippen LogP contribution in [0.2, 0.25) is 5.02 Å². The van der Waals surface area contributed by atoms with Crippen molar-refractivity contribution in [1.29, 1.82) is 0 Å². The fourth-order valence-electron chi connectivity index (χ4n) is 3.07. The van der Waals surface area contributed by atoms with Crippen molar-refractivity contribution in [2.45, 2.75) is 10.1 Å². The van der Waals surface area contributed by atoms with Crippen LogP contribution >= 0.6 is 23.4 Å². The van der Waals surface area contributed by atoms with Crippen LogP contribution in [0.25, 0.3) is 11.4 Å². The van der Waals surface area contributed by atoms with Gasteiger partial charge in [0.15, 0.2) is 5.82 Å². The predicted molar refractivity (Wildman–Crippen MR) is 122 cm³/mol. The highest BCUT2D eigenvalue weighted by molar-refractivity contribution is 7.99. The van der Waals surface area contributed by atoms with Crippen LogP contribution < -0.4 is 5.32 Å². The lowest BCUT2D eigenvalue weighted by Gasteiger charge is -2.26. The summed E-state index contributed by atoms with van der Waals surface area (Å²) in [5.41, 5.74) is 1.23. The van der Waals surface area contributed by atoms with Crippen molar-refractivity contribution >= 4 is 45.0 Å². The van der Waals surface area contributed by atoms with E-state index in [4.69, 9.17) is 16.3 Å². The second-order valence-electron chi connectivity index (χ2n) is 6.83. The Bertz CT molecular complexity index is 1200. The van der Waals surface area contributed by atoms with Gasteiger partial charge in [0.25, 0.3) is 0 Å². The van der Waals surface area contributed by atoms with E-state index in [1.165, 1.54) is 28.2 Å². The lowest BCUT2D eigenvalue weighted by molar-refractivity contribution is -0.113. The molecule has 0 radical (unpaired) electrons. The molecule has 2 N–H and O–H groups in total. The maximum atomic E-state index is 12.9. The van der Waals surface area contributed by atoms with Crippen LogP contribution in [0.3, 0.4) is 0 Å². The number of benzene rings is 2. The van der Waals surface area contributed by atoms with Crippen LogP contribution in [0.4, 0.5) is 5.69 Å². The summed E-state index contributed by atoms with van der Waals surface area (Å²) < 4.78 is 32.4. The van der Waals surface area contributed by atoms with Gasteiger partial charge in [-0.1, -0.05) is 53.7 Å². The van der Waals surface area contributed by atoms with Gasteiger partial charge < -0.3 is 10.1 Å². The number of aromatic nitrogens is 3. The molecule has 1 fully saturated rings. The van der Waals surface area contributed by atoms with Crippen molar-refractivity contribution in [2.24, 2.45) is 0 Å². The van der Waals surface area contributed by atoms with E-state index in [0.717, 1.165) is 5.56 Å². The average Bonchev–Trinajstić information content (AvgIpc) is 3.29. The molecule has 0 spiro atoms. The molecule has 9 nitrogen and oxygen atoms in total. The molecule has 4 rings (SSSR count). The summed E-state index contributed by atoms with van der Waals surface area (Å²) in [7, 11) is -3.79. The minimum absolute atomic E-state index is 0.0482. The molecule has 12 heteroatoms. The molecule has 0 bridgehead atoms. The number of thioether (sulfide) groups is 1. The van der Waals surface area contributed by atoms with E-state index in [1.54, 1.807) is 6.07 Å². The number of rotatable bonds is 7. The van der Waals surface area contributed by atoms with Crippen LogP contribution in [0, 0.1) is 0 Å². The number of H-pyrrole nitrogens is 1. The molecule has 168 valence electrons. The molecule has 0 saturated carbocycles. The highest BCUT2D eigenvalue weighted by Gasteiger charge is 2.28. The molecule has 1 aromatic heterocycles. The topological polar surface area (TPSA) is 117 Å². The molecule has 0 atom stereocenters. The van der Waals surface area contributed by atoms with Gasteiger partial charge in [0.05, 0.1) is 24.0 Å². The number of ether oxygens (including phenoxy) is 1. The first-order valence-electron chi connectivity index (χ1n) is 9.71. The van der Waals surface area contributed by atoms with Gasteiger partial charge in [0.1, 0.15) is 4.90 Å². The lowest BCUT2D eigenvalue weighted by atomic mass is 10.2. The Kier molecular flexibility index (Phi) is 7.11. The molecule has 1 saturated heterocycles. The summed E-state index contributed by atoms with van der Waals surface area (Å²) in [5.74, 6) is 0.350. The number of hydrogen-bond donors (Lipinski definition) is 2. The fourth-order valence-corrected chi connectivity index (χ4v) is 5.57. The zero-order chi connectivity index (χ0) is 22.6. The Balaban J connectivity index is 1.39. The third kappa shape index (κ3) is 5.30. The number of carbonyl (C=O) groups is 1. The predicted octanol–water partition coefficient (Wildman–Crippen LogP) is 2.88. The van der Waals surface area contributed by atoms with Crippen LogP contribution in [0.15, 0.2) is 58.6 Å². The highest BCUT2D eigenvalue weighted by atomic mass is 35.5. The number of sulfonamides is 1. The third-order valence-corrected chi connectivity index (χ3v) is 7.87. The van der Waals surface area contributed by atoms with Crippen LogP contribution in [-0.4, -0.2) is 65.9 Å². The van der Waals surface area contributed by atoms with E-state index in [-0.39, 0.29) is 34.7 Å². The Labute approximate surface area is 194 Å². The highest BCUT2D eigenvalue weighted by Crippen LogP contribution is 2.28. The van der Waals surface area contributed by atoms with Crippen LogP contribution in [0.5, 0.6) is 0 Å². The van der Waals surface area contributed by atoms with Gasteiger partial charge in [0, 0.05) is 24.3 Å². The van der Waals surface area contributed by atoms with Crippen molar-refractivity contribution in [3.63, 3.8) is 0 Å². The van der Waals surface area contributed by atoms with Gasteiger partial charge in [-0.3, -0.25) is 9.89 Å².